The summed E-state index contributed by atoms with van der Waals surface area (Å²) in [4.78, 5) is 38.6. The number of amides is 1. The largest absolute Gasteiger partial charge is 0.456 e. The second-order valence-electron chi connectivity index (χ2n) is 5.09. The first kappa shape index (κ1) is 17.2. The van der Waals surface area contributed by atoms with Crippen molar-refractivity contribution in [3.63, 3.8) is 0 Å². The quantitative estimate of drug-likeness (QED) is 0.511. The van der Waals surface area contributed by atoms with E-state index in [1.165, 1.54) is 11.3 Å². The van der Waals surface area contributed by atoms with Gasteiger partial charge in [-0.05, 0) is 18.2 Å². The summed E-state index contributed by atoms with van der Waals surface area (Å²) in [6.45, 7) is -0.736. The maximum absolute atomic E-state index is 12.2. The Balaban J connectivity index is 1.53. The number of fused-ring (bicyclic) bond motifs is 1. The molecule has 3 aromatic rings. The third kappa shape index (κ3) is 3.89. The van der Waals surface area contributed by atoms with Gasteiger partial charge in [0.25, 0.3) is 5.91 Å². The number of Topliss-reactive ketones (excluding diaryl/α,β-unsaturated/α-hetero) is 1. The summed E-state index contributed by atoms with van der Waals surface area (Å²) in [5.74, 6) is -1.51. The lowest BCUT2D eigenvalue weighted by atomic mass is 10.2. The van der Waals surface area contributed by atoms with E-state index >= 15 is 0 Å². The van der Waals surface area contributed by atoms with E-state index in [9.17, 15) is 14.4 Å². The number of carbonyl (C=O) groups excluding carboxylic acids is 3. The van der Waals surface area contributed by atoms with E-state index in [0.717, 1.165) is 10.1 Å². The minimum absolute atomic E-state index is 0.332. The van der Waals surface area contributed by atoms with Crippen LogP contribution in [0, 0.1) is 0 Å². The molecule has 2 N–H and O–H groups in total. The topological polar surface area (TPSA) is 88.3 Å². The summed E-state index contributed by atoms with van der Waals surface area (Å²) in [6.07, 6.45) is 1.60. The number of rotatable bonds is 6. The first-order valence-corrected chi connectivity index (χ1v) is 8.53. The lowest BCUT2D eigenvalue weighted by Gasteiger charge is -2.05. The molecule has 0 bridgehead atoms. The zero-order valence-electron chi connectivity index (χ0n) is 12.9. The van der Waals surface area contributed by atoms with E-state index in [-0.39, 0.29) is 12.3 Å². The Morgan fingerprint density at radius 2 is 1.96 bits per heavy atom. The van der Waals surface area contributed by atoms with Crippen LogP contribution in [0.4, 0.5) is 0 Å². The number of carbonyl (C=O) groups is 3. The van der Waals surface area contributed by atoms with Gasteiger partial charge in [-0.1, -0.05) is 29.8 Å². The summed E-state index contributed by atoms with van der Waals surface area (Å²) in [6, 6.07) is 10.6. The highest BCUT2D eigenvalue weighted by molar-refractivity contribution is 7.21. The van der Waals surface area contributed by atoms with Gasteiger partial charge in [-0.25, -0.2) is 0 Å². The average Bonchev–Trinajstić information content (AvgIpc) is 3.26. The lowest BCUT2D eigenvalue weighted by Crippen LogP contribution is -2.31. The standard InChI is InChI=1S/C17H13ClN2O4S/c18-15-10-4-1-2-6-13(10)25-16(15)17(23)20-8-14(22)24-9-12(21)11-5-3-7-19-11/h1-7,19H,8-9H2,(H,20,23). The molecule has 0 unspecified atom stereocenters. The molecule has 0 fully saturated rings. The normalized spacial score (nSPS) is 10.6. The maximum Gasteiger partial charge on any atom is 0.325 e. The molecule has 1 amide bonds. The van der Waals surface area contributed by atoms with Crippen molar-refractivity contribution in [2.24, 2.45) is 0 Å². The van der Waals surface area contributed by atoms with Crippen LogP contribution in [0.1, 0.15) is 20.2 Å². The average molecular weight is 377 g/mol. The molecule has 25 heavy (non-hydrogen) atoms. The Morgan fingerprint density at radius 1 is 1.16 bits per heavy atom. The Bertz CT molecular complexity index is 933. The number of hydrogen-bond acceptors (Lipinski definition) is 5. The molecule has 0 spiro atoms. The summed E-state index contributed by atoms with van der Waals surface area (Å²) in [5.41, 5.74) is 0.355. The molecular formula is C17H13ClN2O4S. The monoisotopic (exact) mass is 376 g/mol. The number of benzene rings is 1. The third-order valence-electron chi connectivity index (χ3n) is 3.40. The molecule has 6 nitrogen and oxygen atoms in total. The van der Waals surface area contributed by atoms with Gasteiger partial charge in [0.2, 0.25) is 5.78 Å². The van der Waals surface area contributed by atoms with Gasteiger partial charge in [0.15, 0.2) is 6.61 Å². The van der Waals surface area contributed by atoms with Crippen molar-refractivity contribution in [3.05, 3.63) is 58.2 Å². The van der Waals surface area contributed by atoms with Gasteiger partial charge in [0.1, 0.15) is 11.4 Å². The molecular weight excluding hydrogens is 364 g/mol. The van der Waals surface area contributed by atoms with Crippen molar-refractivity contribution in [3.8, 4) is 0 Å². The minimum Gasteiger partial charge on any atom is -0.456 e. The van der Waals surface area contributed by atoms with Crippen LogP contribution in [-0.4, -0.2) is 35.8 Å². The number of ketones is 1. The van der Waals surface area contributed by atoms with Gasteiger partial charge in [-0.15, -0.1) is 11.3 Å². The molecule has 2 aromatic heterocycles. The van der Waals surface area contributed by atoms with Gasteiger partial charge in [-0.2, -0.15) is 0 Å². The summed E-state index contributed by atoms with van der Waals surface area (Å²) >= 11 is 7.46. The van der Waals surface area contributed by atoms with Gasteiger partial charge in [0, 0.05) is 16.3 Å². The molecule has 3 rings (SSSR count). The molecule has 2 heterocycles. The number of esters is 1. The molecule has 128 valence electrons. The van der Waals surface area contributed by atoms with Crippen molar-refractivity contribution < 1.29 is 19.1 Å². The van der Waals surface area contributed by atoms with Crippen LogP contribution in [0.25, 0.3) is 10.1 Å². The van der Waals surface area contributed by atoms with Crippen molar-refractivity contribution in [1.82, 2.24) is 10.3 Å². The van der Waals surface area contributed by atoms with Crippen LogP contribution in [0.5, 0.6) is 0 Å². The van der Waals surface area contributed by atoms with Crippen LogP contribution in [-0.2, 0) is 9.53 Å². The van der Waals surface area contributed by atoms with Crippen molar-refractivity contribution in [2.45, 2.75) is 0 Å². The van der Waals surface area contributed by atoms with Gasteiger partial charge < -0.3 is 15.0 Å². The summed E-state index contributed by atoms with van der Waals surface area (Å²) in [5, 5.41) is 3.60. The predicted molar refractivity (Wildman–Crippen MR) is 95.3 cm³/mol. The van der Waals surface area contributed by atoms with E-state index < -0.39 is 18.5 Å². The lowest BCUT2D eigenvalue weighted by molar-refractivity contribution is -0.141. The van der Waals surface area contributed by atoms with E-state index in [2.05, 4.69) is 10.3 Å². The van der Waals surface area contributed by atoms with Crippen molar-refractivity contribution >= 4 is 50.7 Å². The third-order valence-corrected chi connectivity index (χ3v) is 5.07. The highest BCUT2D eigenvalue weighted by atomic mass is 35.5. The van der Waals surface area contributed by atoms with Crippen molar-refractivity contribution in [2.75, 3.05) is 13.2 Å². The molecule has 0 saturated heterocycles. The zero-order valence-corrected chi connectivity index (χ0v) is 14.4. The minimum atomic E-state index is -0.703. The fourth-order valence-electron chi connectivity index (χ4n) is 2.17. The number of hydrogen-bond donors (Lipinski definition) is 2. The van der Waals surface area contributed by atoms with E-state index in [4.69, 9.17) is 16.3 Å². The van der Waals surface area contributed by atoms with Gasteiger partial charge in [-0.3, -0.25) is 14.4 Å². The van der Waals surface area contributed by atoms with Crippen LogP contribution in [0.3, 0.4) is 0 Å². The Labute approximate surface area is 151 Å². The van der Waals surface area contributed by atoms with Crippen LogP contribution >= 0.6 is 22.9 Å². The number of aromatic nitrogens is 1. The SMILES string of the molecule is O=C(CNC(=O)c1sc2ccccc2c1Cl)OCC(=O)c1ccc[nH]1. The first-order chi connectivity index (χ1) is 12.1. The molecule has 0 saturated carbocycles. The first-order valence-electron chi connectivity index (χ1n) is 7.33. The molecule has 0 radical (unpaired) electrons. The van der Waals surface area contributed by atoms with E-state index in [0.29, 0.717) is 15.6 Å². The zero-order chi connectivity index (χ0) is 17.8. The maximum atomic E-state index is 12.2. The molecule has 1 aromatic carbocycles. The summed E-state index contributed by atoms with van der Waals surface area (Å²) in [7, 11) is 0. The fourth-order valence-corrected chi connectivity index (χ4v) is 3.60. The molecule has 0 aliphatic heterocycles. The molecule has 0 atom stereocenters. The Kier molecular flexibility index (Phi) is 5.16. The number of halogens is 1. The van der Waals surface area contributed by atoms with Crippen LogP contribution in [0.15, 0.2) is 42.6 Å². The Morgan fingerprint density at radius 3 is 2.68 bits per heavy atom. The number of thiophene rings is 1. The smallest absolute Gasteiger partial charge is 0.325 e. The van der Waals surface area contributed by atoms with Crippen molar-refractivity contribution in [1.29, 1.82) is 0 Å². The Hall–Kier alpha value is -2.64. The van der Waals surface area contributed by atoms with Gasteiger partial charge in [0.05, 0.1) is 10.7 Å². The summed E-state index contributed by atoms with van der Waals surface area (Å²) < 4.78 is 5.74. The number of H-pyrrole nitrogens is 1. The van der Waals surface area contributed by atoms with Crippen LogP contribution < -0.4 is 5.32 Å². The number of nitrogens with one attached hydrogen (secondary N) is 2. The molecule has 8 heteroatoms. The second kappa shape index (κ2) is 7.50. The molecule has 0 aliphatic carbocycles. The van der Waals surface area contributed by atoms with Gasteiger partial charge >= 0.3 is 5.97 Å². The van der Waals surface area contributed by atoms with Crippen LogP contribution in [0.2, 0.25) is 5.02 Å². The number of aromatic amines is 1. The van der Waals surface area contributed by atoms with E-state index in [1.807, 2.05) is 24.3 Å². The highest BCUT2D eigenvalue weighted by Gasteiger charge is 2.18. The van der Waals surface area contributed by atoms with E-state index in [1.54, 1.807) is 18.3 Å². The molecule has 0 aliphatic rings. The number of ether oxygens (including phenoxy) is 1. The second-order valence-corrected chi connectivity index (χ2v) is 6.52. The highest BCUT2D eigenvalue weighted by Crippen LogP contribution is 2.34. The fraction of sp³-hybridized carbons (Fsp3) is 0.118. The predicted octanol–water partition coefficient (Wildman–Crippen LogP) is 3.04.